The number of Topliss-reactive ketones (excluding diaryl/α,β-unsaturated/α-hetero) is 1. The van der Waals surface area contributed by atoms with Crippen molar-refractivity contribution in [1.29, 1.82) is 0 Å². The van der Waals surface area contributed by atoms with E-state index in [0.29, 0.717) is 11.1 Å². The second kappa shape index (κ2) is 4.08. The first-order valence-corrected chi connectivity index (χ1v) is 5.49. The molecule has 0 fully saturated rings. The maximum atomic E-state index is 12.1. The second-order valence-corrected chi connectivity index (χ2v) is 4.12. The van der Waals surface area contributed by atoms with Gasteiger partial charge in [0.05, 0.1) is 5.56 Å². The highest BCUT2D eigenvalue weighted by molar-refractivity contribution is 6.12. The highest BCUT2D eigenvalue weighted by Gasteiger charge is 2.36. The van der Waals surface area contributed by atoms with Crippen molar-refractivity contribution < 1.29 is 14.3 Å². The number of hydrogen-bond donors (Lipinski definition) is 0. The summed E-state index contributed by atoms with van der Waals surface area (Å²) < 4.78 is 5.19. The summed E-state index contributed by atoms with van der Waals surface area (Å²) >= 11 is 0. The molecule has 0 aliphatic carbocycles. The predicted octanol–water partition coefficient (Wildman–Crippen LogP) is 2.45. The first-order valence-electron chi connectivity index (χ1n) is 5.49. The summed E-state index contributed by atoms with van der Waals surface area (Å²) in [5.74, 6) is -0.408. The Bertz CT molecular complexity index is 437. The van der Waals surface area contributed by atoms with E-state index in [4.69, 9.17) is 4.74 Å². The molecule has 0 amide bonds. The van der Waals surface area contributed by atoms with Gasteiger partial charge in [-0.15, -0.1) is 0 Å². The van der Waals surface area contributed by atoms with Crippen LogP contribution in [0.4, 0.5) is 0 Å². The Balaban J connectivity index is 2.42. The van der Waals surface area contributed by atoms with Crippen LogP contribution in [0.15, 0.2) is 24.3 Å². The Kier molecular flexibility index (Phi) is 2.77. The fraction of sp³-hybridized carbons (Fsp3) is 0.385. The van der Waals surface area contributed by atoms with Crippen molar-refractivity contribution in [2.75, 3.05) is 0 Å². The van der Waals surface area contributed by atoms with Crippen molar-refractivity contribution in [3.05, 3.63) is 35.4 Å². The average Bonchev–Trinajstić information content (AvgIpc) is 2.33. The minimum Gasteiger partial charge on any atom is -0.450 e. The Morgan fingerprint density at radius 3 is 2.50 bits per heavy atom. The van der Waals surface area contributed by atoms with Gasteiger partial charge in [0, 0.05) is 11.5 Å². The number of ether oxygens (including phenoxy) is 1. The van der Waals surface area contributed by atoms with Crippen LogP contribution < -0.4 is 0 Å². The van der Waals surface area contributed by atoms with E-state index in [9.17, 15) is 9.59 Å². The zero-order chi connectivity index (χ0) is 11.7. The van der Waals surface area contributed by atoms with Crippen LogP contribution in [-0.2, 0) is 4.74 Å². The van der Waals surface area contributed by atoms with Crippen LogP contribution in [0.1, 0.15) is 41.0 Å². The van der Waals surface area contributed by atoms with Crippen molar-refractivity contribution in [3.63, 3.8) is 0 Å². The summed E-state index contributed by atoms with van der Waals surface area (Å²) in [5.41, 5.74) is 0.871. The van der Waals surface area contributed by atoms with Crippen molar-refractivity contribution in [2.45, 2.75) is 26.4 Å². The zero-order valence-electron chi connectivity index (χ0n) is 9.40. The van der Waals surface area contributed by atoms with Gasteiger partial charge in [0.15, 0.2) is 6.10 Å². The molecule has 0 spiro atoms. The highest BCUT2D eigenvalue weighted by Crippen LogP contribution is 2.25. The molecule has 3 heteroatoms. The van der Waals surface area contributed by atoms with E-state index >= 15 is 0 Å². The molecule has 0 bridgehead atoms. The van der Waals surface area contributed by atoms with Crippen molar-refractivity contribution >= 4 is 11.8 Å². The molecule has 0 aromatic heterocycles. The van der Waals surface area contributed by atoms with Gasteiger partial charge in [-0.25, -0.2) is 4.79 Å². The summed E-state index contributed by atoms with van der Waals surface area (Å²) in [4.78, 5) is 23.8. The summed E-state index contributed by atoms with van der Waals surface area (Å²) in [5, 5.41) is 0. The Hall–Kier alpha value is -1.64. The van der Waals surface area contributed by atoms with Gasteiger partial charge in [0.25, 0.3) is 0 Å². The lowest BCUT2D eigenvalue weighted by molar-refractivity contribution is 0.0127. The third-order valence-electron chi connectivity index (χ3n) is 3.07. The summed E-state index contributed by atoms with van der Waals surface area (Å²) in [6.07, 6.45) is 0.193. The number of hydrogen-bond acceptors (Lipinski definition) is 3. The molecular weight excluding hydrogens is 204 g/mol. The first-order chi connectivity index (χ1) is 7.65. The monoisotopic (exact) mass is 218 g/mol. The number of ketones is 1. The Labute approximate surface area is 94.4 Å². The second-order valence-electron chi connectivity index (χ2n) is 4.12. The Morgan fingerprint density at radius 2 is 1.88 bits per heavy atom. The fourth-order valence-corrected chi connectivity index (χ4v) is 1.85. The molecule has 1 heterocycles. The summed E-state index contributed by atoms with van der Waals surface area (Å²) in [7, 11) is 0. The minimum absolute atomic E-state index is 0.0600. The van der Waals surface area contributed by atoms with E-state index in [1.54, 1.807) is 24.3 Å². The normalized spacial score (nSPS) is 21.2. The predicted molar refractivity (Wildman–Crippen MR) is 59.4 cm³/mol. The smallest absolute Gasteiger partial charge is 0.339 e. The van der Waals surface area contributed by atoms with Gasteiger partial charge < -0.3 is 4.74 Å². The standard InChI is InChI=1S/C13H14O3/c1-3-8(2)12-11(14)9-6-4-5-7-10(9)13(15)16-12/h4-8,12H,3H2,1-2H3. The zero-order valence-corrected chi connectivity index (χ0v) is 9.40. The summed E-state index contributed by atoms with van der Waals surface area (Å²) in [6, 6.07) is 6.82. The first kappa shape index (κ1) is 10.9. The van der Waals surface area contributed by atoms with Gasteiger partial charge >= 0.3 is 5.97 Å². The molecular formula is C13H14O3. The number of rotatable bonds is 2. The molecule has 1 aromatic carbocycles. The van der Waals surface area contributed by atoms with Gasteiger partial charge in [-0.05, 0) is 12.5 Å². The van der Waals surface area contributed by atoms with Gasteiger partial charge in [-0.2, -0.15) is 0 Å². The molecule has 0 radical (unpaired) electrons. The summed E-state index contributed by atoms with van der Waals surface area (Å²) in [6.45, 7) is 3.90. The minimum atomic E-state index is -0.618. The lowest BCUT2D eigenvalue weighted by Crippen LogP contribution is -2.38. The maximum Gasteiger partial charge on any atom is 0.339 e. The molecule has 16 heavy (non-hydrogen) atoms. The van der Waals surface area contributed by atoms with Crippen LogP contribution in [0.25, 0.3) is 0 Å². The van der Waals surface area contributed by atoms with Crippen LogP contribution in [-0.4, -0.2) is 17.9 Å². The number of carbonyl (C=O) groups is 2. The van der Waals surface area contributed by atoms with E-state index in [2.05, 4.69) is 0 Å². The molecule has 1 aliphatic heterocycles. The molecule has 1 aliphatic rings. The molecule has 84 valence electrons. The number of benzene rings is 1. The molecule has 2 rings (SSSR count). The van der Waals surface area contributed by atoms with Crippen molar-refractivity contribution in [1.82, 2.24) is 0 Å². The molecule has 0 N–H and O–H groups in total. The largest absolute Gasteiger partial charge is 0.450 e. The van der Waals surface area contributed by atoms with E-state index in [1.807, 2.05) is 13.8 Å². The molecule has 0 saturated heterocycles. The van der Waals surface area contributed by atoms with Crippen LogP contribution in [0.5, 0.6) is 0 Å². The van der Waals surface area contributed by atoms with E-state index in [1.165, 1.54) is 0 Å². The molecule has 2 unspecified atom stereocenters. The van der Waals surface area contributed by atoms with E-state index in [0.717, 1.165) is 6.42 Å². The quantitative estimate of drug-likeness (QED) is 0.716. The number of fused-ring (bicyclic) bond motifs is 1. The van der Waals surface area contributed by atoms with Crippen LogP contribution >= 0.6 is 0 Å². The van der Waals surface area contributed by atoms with Crippen molar-refractivity contribution in [3.8, 4) is 0 Å². The SMILES string of the molecule is CCC(C)C1OC(=O)c2ccccc2C1=O. The molecule has 3 nitrogen and oxygen atoms in total. The maximum absolute atomic E-state index is 12.1. The van der Waals surface area contributed by atoms with Gasteiger partial charge in [0.1, 0.15) is 0 Å². The number of esters is 1. The third kappa shape index (κ3) is 1.62. The lowest BCUT2D eigenvalue weighted by Gasteiger charge is -2.27. The van der Waals surface area contributed by atoms with Crippen LogP contribution in [0.3, 0.4) is 0 Å². The van der Waals surface area contributed by atoms with Gasteiger partial charge in [-0.1, -0.05) is 32.0 Å². The topological polar surface area (TPSA) is 43.4 Å². The average molecular weight is 218 g/mol. The van der Waals surface area contributed by atoms with Crippen LogP contribution in [0, 0.1) is 5.92 Å². The lowest BCUT2D eigenvalue weighted by atomic mass is 9.90. The highest BCUT2D eigenvalue weighted by atomic mass is 16.5. The fourth-order valence-electron chi connectivity index (χ4n) is 1.85. The molecule has 1 aromatic rings. The van der Waals surface area contributed by atoms with E-state index in [-0.39, 0.29) is 17.7 Å². The molecule has 0 saturated carbocycles. The number of carbonyl (C=O) groups excluding carboxylic acids is 2. The van der Waals surface area contributed by atoms with Crippen molar-refractivity contribution in [2.24, 2.45) is 5.92 Å². The third-order valence-corrected chi connectivity index (χ3v) is 3.07. The van der Waals surface area contributed by atoms with E-state index < -0.39 is 6.10 Å². The molecule has 2 atom stereocenters. The Morgan fingerprint density at radius 1 is 1.25 bits per heavy atom. The van der Waals surface area contributed by atoms with Gasteiger partial charge in [-0.3, -0.25) is 4.79 Å². The van der Waals surface area contributed by atoms with Crippen LogP contribution in [0.2, 0.25) is 0 Å². The number of cyclic esters (lactones) is 1. The van der Waals surface area contributed by atoms with Gasteiger partial charge in [0.2, 0.25) is 5.78 Å².